The zero-order chi connectivity index (χ0) is 8.15. The van der Waals surface area contributed by atoms with Crippen LogP contribution in [0.1, 0.15) is 13.8 Å². The van der Waals surface area contributed by atoms with E-state index in [4.69, 9.17) is 0 Å². The van der Waals surface area contributed by atoms with Gasteiger partial charge in [-0.3, -0.25) is 14.9 Å². The van der Waals surface area contributed by atoms with Gasteiger partial charge < -0.3 is 4.74 Å². The molecule has 0 unspecified atom stereocenters. The van der Waals surface area contributed by atoms with E-state index in [1.54, 1.807) is 0 Å². The smallest absolute Gasteiger partial charge is 0.307 e. The molecule has 0 aromatic carbocycles. The molecule has 0 N–H and O–H groups in total. The van der Waals surface area contributed by atoms with Gasteiger partial charge in [0.2, 0.25) is 0 Å². The van der Waals surface area contributed by atoms with E-state index in [1.807, 2.05) is 0 Å². The van der Waals surface area contributed by atoms with Crippen LogP contribution in [-0.2, 0) is 9.53 Å². The van der Waals surface area contributed by atoms with Crippen molar-refractivity contribution in [1.82, 2.24) is 0 Å². The van der Waals surface area contributed by atoms with Gasteiger partial charge in [0.1, 0.15) is 0 Å². The monoisotopic (exact) mass is 145 g/mol. The summed E-state index contributed by atoms with van der Waals surface area (Å²) in [5.41, 5.74) is -0.199. The van der Waals surface area contributed by atoms with Crippen LogP contribution in [-0.4, -0.2) is 10.9 Å². The molecule has 56 valence electrons. The third-order valence-electron chi connectivity index (χ3n) is 0.683. The van der Waals surface area contributed by atoms with Gasteiger partial charge in [0.05, 0.1) is 4.92 Å². The first kappa shape index (κ1) is 8.61. The molecule has 0 aromatic rings. The maximum atomic E-state index is 10.1. The lowest BCUT2D eigenvalue weighted by molar-refractivity contribution is -0.425. The number of nitro groups is 1. The highest BCUT2D eigenvalue weighted by Gasteiger charge is 2.01. The summed E-state index contributed by atoms with van der Waals surface area (Å²) < 4.78 is 4.22. The molecular formula is C5H7NO4. The normalized spacial score (nSPS) is 10.8. The summed E-state index contributed by atoms with van der Waals surface area (Å²) in [5, 5.41) is 9.86. The molecule has 0 heterocycles. The molecule has 0 amide bonds. The number of carbonyl (C=O) groups is 1. The van der Waals surface area contributed by atoms with Gasteiger partial charge in [0.25, 0.3) is 5.70 Å². The Kier molecular flexibility index (Phi) is 3.10. The Labute approximate surface area is 57.4 Å². The van der Waals surface area contributed by atoms with Crippen LogP contribution in [0.3, 0.4) is 0 Å². The maximum Gasteiger partial charge on any atom is 0.307 e. The van der Waals surface area contributed by atoms with Gasteiger partial charge in [-0.05, 0) is 0 Å². The highest BCUT2D eigenvalue weighted by molar-refractivity contribution is 5.66. The Hall–Kier alpha value is -1.39. The summed E-state index contributed by atoms with van der Waals surface area (Å²) in [4.78, 5) is 19.3. The van der Waals surface area contributed by atoms with Crippen molar-refractivity contribution in [3.8, 4) is 0 Å². The summed E-state index contributed by atoms with van der Waals surface area (Å²) in [7, 11) is 0. The molecule has 0 aliphatic rings. The summed E-state index contributed by atoms with van der Waals surface area (Å²) in [6, 6.07) is 0. The molecule has 0 radical (unpaired) electrons. The molecule has 0 aliphatic heterocycles. The van der Waals surface area contributed by atoms with Gasteiger partial charge in [-0.15, -0.1) is 0 Å². The Morgan fingerprint density at radius 2 is 2.10 bits per heavy atom. The minimum absolute atomic E-state index is 0.199. The molecule has 0 saturated carbocycles. The van der Waals surface area contributed by atoms with Crippen LogP contribution in [0.5, 0.6) is 0 Å². The van der Waals surface area contributed by atoms with Crippen LogP contribution in [0.4, 0.5) is 0 Å². The first-order valence-corrected chi connectivity index (χ1v) is 2.52. The van der Waals surface area contributed by atoms with E-state index in [0.29, 0.717) is 0 Å². The van der Waals surface area contributed by atoms with Gasteiger partial charge in [-0.25, -0.2) is 0 Å². The molecule has 5 nitrogen and oxygen atoms in total. The van der Waals surface area contributed by atoms with E-state index in [9.17, 15) is 14.9 Å². The summed E-state index contributed by atoms with van der Waals surface area (Å²) in [5.74, 6) is -0.568. The van der Waals surface area contributed by atoms with Gasteiger partial charge >= 0.3 is 5.97 Å². The molecule has 5 heteroatoms. The fourth-order valence-electron chi connectivity index (χ4n) is 0.211. The first-order valence-electron chi connectivity index (χ1n) is 2.52. The van der Waals surface area contributed by atoms with E-state index in [1.165, 1.54) is 13.8 Å². The lowest BCUT2D eigenvalue weighted by atomic mass is 10.6. The van der Waals surface area contributed by atoms with Crippen LogP contribution < -0.4 is 0 Å². The average Bonchev–Trinajstić information content (AvgIpc) is 1.82. The Morgan fingerprint density at radius 3 is 2.40 bits per heavy atom. The zero-order valence-electron chi connectivity index (χ0n) is 5.66. The fourth-order valence-corrected chi connectivity index (χ4v) is 0.211. The number of hydrogen-bond donors (Lipinski definition) is 0. The number of allylic oxidation sites excluding steroid dienone is 1. The minimum Gasteiger partial charge on any atom is -0.428 e. The molecule has 0 bridgehead atoms. The van der Waals surface area contributed by atoms with E-state index in [-0.39, 0.29) is 5.70 Å². The van der Waals surface area contributed by atoms with Crippen molar-refractivity contribution in [3.05, 3.63) is 22.1 Å². The Balaban J connectivity index is 3.92. The van der Waals surface area contributed by atoms with E-state index < -0.39 is 10.9 Å². The van der Waals surface area contributed by atoms with Crippen molar-refractivity contribution in [2.24, 2.45) is 0 Å². The van der Waals surface area contributed by atoms with E-state index in [0.717, 1.165) is 6.26 Å². The second-order valence-corrected chi connectivity index (χ2v) is 1.63. The molecule has 10 heavy (non-hydrogen) atoms. The largest absolute Gasteiger partial charge is 0.428 e. The number of hydrogen-bond acceptors (Lipinski definition) is 4. The summed E-state index contributed by atoms with van der Waals surface area (Å²) >= 11 is 0. The molecule has 0 saturated heterocycles. The Morgan fingerprint density at radius 1 is 1.60 bits per heavy atom. The van der Waals surface area contributed by atoms with Crippen molar-refractivity contribution < 1.29 is 14.5 Å². The second-order valence-electron chi connectivity index (χ2n) is 1.63. The number of carbonyl (C=O) groups excluding carboxylic acids is 1. The lowest BCUT2D eigenvalue weighted by Gasteiger charge is -1.90. The van der Waals surface area contributed by atoms with E-state index >= 15 is 0 Å². The third-order valence-corrected chi connectivity index (χ3v) is 0.683. The molecule has 0 spiro atoms. The predicted octanol–water partition coefficient (Wildman–Crippen LogP) is 0.688. The van der Waals surface area contributed by atoms with Crippen molar-refractivity contribution in [1.29, 1.82) is 0 Å². The average molecular weight is 145 g/mol. The van der Waals surface area contributed by atoms with Crippen molar-refractivity contribution in [2.45, 2.75) is 13.8 Å². The number of nitrogens with zero attached hydrogens (tertiary/aromatic N) is 1. The zero-order valence-corrected chi connectivity index (χ0v) is 5.66. The molecular weight excluding hydrogens is 138 g/mol. The van der Waals surface area contributed by atoms with Crippen LogP contribution in [0.25, 0.3) is 0 Å². The first-order chi connectivity index (χ1) is 4.54. The quantitative estimate of drug-likeness (QED) is 0.248. The highest BCUT2D eigenvalue weighted by Crippen LogP contribution is 1.92. The van der Waals surface area contributed by atoms with Gasteiger partial charge in [-0.1, -0.05) is 0 Å². The van der Waals surface area contributed by atoms with Crippen LogP contribution in [0.15, 0.2) is 12.0 Å². The molecule has 0 atom stereocenters. The summed E-state index contributed by atoms with van der Waals surface area (Å²) in [6.45, 7) is 2.41. The summed E-state index contributed by atoms with van der Waals surface area (Å²) in [6.07, 6.45) is 0.808. The molecule has 0 fully saturated rings. The van der Waals surface area contributed by atoms with Gasteiger partial charge in [-0.2, -0.15) is 0 Å². The topological polar surface area (TPSA) is 69.4 Å². The molecule has 0 aromatic heterocycles. The fraction of sp³-hybridized carbons (Fsp3) is 0.400. The third kappa shape index (κ3) is 3.59. The van der Waals surface area contributed by atoms with Gasteiger partial charge in [0, 0.05) is 13.8 Å². The number of ether oxygens (including phenoxy) is 1. The van der Waals surface area contributed by atoms with Crippen LogP contribution >= 0.6 is 0 Å². The van der Waals surface area contributed by atoms with Crippen molar-refractivity contribution in [2.75, 3.05) is 0 Å². The minimum atomic E-state index is -0.636. The second kappa shape index (κ2) is 3.60. The predicted molar refractivity (Wildman–Crippen MR) is 32.5 cm³/mol. The van der Waals surface area contributed by atoms with Crippen molar-refractivity contribution >= 4 is 5.97 Å². The van der Waals surface area contributed by atoms with Crippen molar-refractivity contribution in [3.63, 3.8) is 0 Å². The van der Waals surface area contributed by atoms with Crippen LogP contribution in [0.2, 0.25) is 0 Å². The highest BCUT2D eigenvalue weighted by atomic mass is 16.6. The number of esters is 1. The Bertz CT molecular complexity index is 184. The lowest BCUT2D eigenvalue weighted by Crippen LogP contribution is -1.97. The maximum absolute atomic E-state index is 10.1. The molecule has 0 rings (SSSR count). The SMILES string of the molecule is CC(=O)OC=C(C)[N+](=O)[O-]. The molecule has 0 aliphatic carbocycles. The van der Waals surface area contributed by atoms with Gasteiger partial charge in [0.15, 0.2) is 6.26 Å². The van der Waals surface area contributed by atoms with Crippen LogP contribution in [0, 0.1) is 10.1 Å². The standard InChI is InChI=1S/C5H7NO4/c1-4(6(8)9)3-10-5(2)7/h3H,1-2H3. The van der Waals surface area contributed by atoms with E-state index in [2.05, 4.69) is 4.74 Å². The number of rotatable bonds is 2.